The van der Waals surface area contributed by atoms with Crippen LogP contribution >= 0.6 is 0 Å². The van der Waals surface area contributed by atoms with E-state index in [0.717, 1.165) is 11.3 Å². The van der Waals surface area contributed by atoms with Gasteiger partial charge < -0.3 is 14.6 Å². The van der Waals surface area contributed by atoms with Gasteiger partial charge in [-0.2, -0.15) is 0 Å². The Morgan fingerprint density at radius 1 is 1.03 bits per heavy atom. The molecule has 6 nitrogen and oxygen atoms in total. The van der Waals surface area contributed by atoms with E-state index >= 15 is 0 Å². The van der Waals surface area contributed by atoms with Gasteiger partial charge in [-0.15, -0.1) is 0 Å². The van der Waals surface area contributed by atoms with E-state index in [9.17, 15) is 14.0 Å². The molecule has 1 aliphatic heterocycles. The van der Waals surface area contributed by atoms with Crippen LogP contribution in [0.2, 0.25) is 0 Å². The molecule has 0 unspecified atom stereocenters. The molecule has 2 heterocycles. The number of carbonyl (C=O) groups excluding carboxylic acids is 2. The fourth-order valence-corrected chi connectivity index (χ4v) is 3.69. The van der Waals surface area contributed by atoms with E-state index < -0.39 is 0 Å². The molecule has 3 aromatic rings. The van der Waals surface area contributed by atoms with Gasteiger partial charge in [0.2, 0.25) is 5.91 Å². The average molecular weight is 409 g/mol. The van der Waals surface area contributed by atoms with E-state index in [1.54, 1.807) is 17.9 Å². The van der Waals surface area contributed by atoms with Gasteiger partial charge in [-0.25, -0.2) is 4.39 Å². The van der Waals surface area contributed by atoms with Crippen LogP contribution < -0.4 is 5.32 Å². The first-order chi connectivity index (χ1) is 14.4. The van der Waals surface area contributed by atoms with E-state index in [4.69, 9.17) is 4.42 Å². The Morgan fingerprint density at radius 3 is 2.43 bits per heavy atom. The lowest BCUT2D eigenvalue weighted by atomic mass is 10.1. The molecule has 1 aromatic heterocycles. The highest BCUT2D eigenvalue weighted by Crippen LogP contribution is 2.27. The zero-order chi connectivity index (χ0) is 21.3. The van der Waals surface area contributed by atoms with Gasteiger partial charge in [0.1, 0.15) is 11.4 Å². The number of hydrogen-bond acceptors (Lipinski definition) is 4. The molecule has 0 radical (unpaired) electrons. The number of furan rings is 1. The number of piperazine rings is 1. The van der Waals surface area contributed by atoms with E-state index in [0.29, 0.717) is 42.7 Å². The summed E-state index contributed by atoms with van der Waals surface area (Å²) in [5.41, 5.74) is 3.06. The van der Waals surface area contributed by atoms with Crippen LogP contribution in [0.25, 0.3) is 11.0 Å². The predicted octanol–water partition coefficient (Wildman–Crippen LogP) is 3.59. The third-order valence-electron chi connectivity index (χ3n) is 5.45. The van der Waals surface area contributed by atoms with Crippen LogP contribution in [0, 0.1) is 19.7 Å². The standard InChI is InChI=1S/C23H24FN3O3/c1-15-3-6-18(7-4-15)25-21(28)14-26-9-11-27(12-10-26)23(29)22-16(2)19-13-17(24)5-8-20(19)30-22/h3-8,13H,9-12,14H2,1-2H3,(H,25,28). The third kappa shape index (κ3) is 4.21. The number of nitrogens with zero attached hydrogens (tertiary/aromatic N) is 2. The number of amides is 2. The molecule has 2 amide bonds. The van der Waals surface area contributed by atoms with Gasteiger partial charge in [0.25, 0.3) is 5.91 Å². The zero-order valence-corrected chi connectivity index (χ0v) is 17.1. The lowest BCUT2D eigenvalue weighted by Crippen LogP contribution is -2.50. The molecule has 0 saturated carbocycles. The van der Waals surface area contributed by atoms with Crippen LogP contribution in [0.4, 0.5) is 10.1 Å². The van der Waals surface area contributed by atoms with E-state index in [1.165, 1.54) is 12.1 Å². The first-order valence-electron chi connectivity index (χ1n) is 9.97. The highest BCUT2D eigenvalue weighted by Gasteiger charge is 2.27. The topological polar surface area (TPSA) is 65.8 Å². The quantitative estimate of drug-likeness (QED) is 0.715. The Labute approximate surface area is 174 Å². The Balaban J connectivity index is 1.34. The summed E-state index contributed by atoms with van der Waals surface area (Å²) < 4.78 is 19.2. The van der Waals surface area contributed by atoms with Gasteiger partial charge in [-0.05, 0) is 44.2 Å². The second-order valence-electron chi connectivity index (χ2n) is 7.68. The average Bonchev–Trinajstić information content (AvgIpc) is 3.06. The summed E-state index contributed by atoms with van der Waals surface area (Å²) in [6, 6.07) is 11.9. The molecule has 1 N–H and O–H groups in total. The van der Waals surface area contributed by atoms with E-state index in [2.05, 4.69) is 5.32 Å². The Bertz CT molecular complexity index is 1080. The van der Waals surface area contributed by atoms with Crippen LogP contribution in [0.15, 0.2) is 46.9 Å². The van der Waals surface area contributed by atoms with Crippen LogP contribution in [-0.2, 0) is 4.79 Å². The zero-order valence-electron chi connectivity index (χ0n) is 17.1. The minimum atomic E-state index is -0.358. The van der Waals surface area contributed by atoms with Crippen molar-refractivity contribution in [1.82, 2.24) is 9.80 Å². The summed E-state index contributed by atoms with van der Waals surface area (Å²) >= 11 is 0. The van der Waals surface area contributed by atoms with Crippen molar-refractivity contribution in [3.05, 3.63) is 65.2 Å². The number of nitrogens with one attached hydrogen (secondary N) is 1. The van der Waals surface area contributed by atoms with Crippen molar-refractivity contribution in [3.8, 4) is 0 Å². The second-order valence-corrected chi connectivity index (χ2v) is 7.68. The van der Waals surface area contributed by atoms with Crippen LogP contribution in [0.5, 0.6) is 0 Å². The summed E-state index contributed by atoms with van der Waals surface area (Å²) in [5, 5.41) is 3.51. The number of fused-ring (bicyclic) bond motifs is 1. The molecular weight excluding hydrogens is 385 g/mol. The van der Waals surface area contributed by atoms with E-state index in [1.807, 2.05) is 36.1 Å². The Morgan fingerprint density at radius 2 is 1.73 bits per heavy atom. The largest absolute Gasteiger partial charge is 0.451 e. The molecule has 30 heavy (non-hydrogen) atoms. The molecule has 0 bridgehead atoms. The first-order valence-corrected chi connectivity index (χ1v) is 9.97. The van der Waals surface area contributed by atoms with Crippen molar-refractivity contribution in [2.24, 2.45) is 0 Å². The Kier molecular flexibility index (Phi) is 5.55. The summed E-state index contributed by atoms with van der Waals surface area (Å²) in [6.45, 7) is 6.24. The maximum atomic E-state index is 13.5. The molecule has 1 aliphatic rings. The second kappa shape index (κ2) is 8.28. The third-order valence-corrected chi connectivity index (χ3v) is 5.45. The molecule has 1 saturated heterocycles. The Hall–Kier alpha value is -3.19. The van der Waals surface area contributed by atoms with Crippen molar-refractivity contribution >= 4 is 28.5 Å². The molecule has 7 heteroatoms. The SMILES string of the molecule is Cc1ccc(NC(=O)CN2CCN(C(=O)c3oc4ccc(F)cc4c3C)CC2)cc1. The number of anilines is 1. The van der Waals surface area contributed by atoms with Crippen LogP contribution in [0.1, 0.15) is 21.7 Å². The molecule has 156 valence electrons. The fraction of sp³-hybridized carbons (Fsp3) is 0.304. The van der Waals surface area contributed by atoms with Gasteiger partial charge in [0.05, 0.1) is 6.54 Å². The van der Waals surface area contributed by atoms with Gasteiger partial charge >= 0.3 is 0 Å². The molecule has 2 aromatic carbocycles. The summed E-state index contributed by atoms with van der Waals surface area (Å²) in [7, 11) is 0. The van der Waals surface area contributed by atoms with Crippen LogP contribution in [-0.4, -0.2) is 54.3 Å². The first kappa shape index (κ1) is 20.1. The normalized spacial score (nSPS) is 14.8. The van der Waals surface area contributed by atoms with Crippen molar-refractivity contribution < 1.29 is 18.4 Å². The van der Waals surface area contributed by atoms with Crippen molar-refractivity contribution in [1.29, 1.82) is 0 Å². The van der Waals surface area contributed by atoms with Gasteiger partial charge in [-0.1, -0.05) is 17.7 Å². The number of hydrogen-bond donors (Lipinski definition) is 1. The molecule has 0 atom stereocenters. The maximum absolute atomic E-state index is 13.5. The fourth-order valence-electron chi connectivity index (χ4n) is 3.69. The minimum Gasteiger partial charge on any atom is -0.451 e. The molecule has 0 spiro atoms. The number of carbonyl (C=O) groups is 2. The van der Waals surface area contributed by atoms with Gasteiger partial charge in [0, 0.05) is 42.8 Å². The molecule has 1 fully saturated rings. The molecular formula is C23H24FN3O3. The summed E-state index contributed by atoms with van der Waals surface area (Å²) in [4.78, 5) is 28.9. The van der Waals surface area contributed by atoms with Crippen LogP contribution in [0.3, 0.4) is 0 Å². The monoisotopic (exact) mass is 409 g/mol. The number of aryl methyl sites for hydroxylation is 2. The molecule has 4 rings (SSSR count). The predicted molar refractivity (Wildman–Crippen MR) is 113 cm³/mol. The smallest absolute Gasteiger partial charge is 0.289 e. The molecule has 0 aliphatic carbocycles. The highest BCUT2D eigenvalue weighted by atomic mass is 19.1. The summed E-state index contributed by atoms with van der Waals surface area (Å²) in [5.74, 6) is -0.384. The van der Waals surface area contributed by atoms with Crippen molar-refractivity contribution in [2.75, 3.05) is 38.0 Å². The number of rotatable bonds is 4. The van der Waals surface area contributed by atoms with Gasteiger partial charge in [0.15, 0.2) is 5.76 Å². The minimum absolute atomic E-state index is 0.0752. The highest BCUT2D eigenvalue weighted by molar-refractivity contribution is 5.99. The van der Waals surface area contributed by atoms with Crippen molar-refractivity contribution in [3.63, 3.8) is 0 Å². The maximum Gasteiger partial charge on any atom is 0.289 e. The number of halogens is 1. The number of benzene rings is 2. The summed E-state index contributed by atoms with van der Waals surface area (Å²) in [6.07, 6.45) is 0. The lowest BCUT2D eigenvalue weighted by Gasteiger charge is -2.33. The van der Waals surface area contributed by atoms with Crippen molar-refractivity contribution in [2.45, 2.75) is 13.8 Å². The van der Waals surface area contributed by atoms with Gasteiger partial charge in [-0.3, -0.25) is 14.5 Å². The van der Waals surface area contributed by atoms with E-state index in [-0.39, 0.29) is 29.9 Å². The lowest BCUT2D eigenvalue weighted by molar-refractivity contribution is -0.117.